The number of carboxylic acid groups (broad SMARTS) is 1. The van der Waals surface area contributed by atoms with E-state index in [0.717, 1.165) is 37.6 Å². The minimum absolute atomic E-state index is 0.00231. The van der Waals surface area contributed by atoms with Crippen molar-refractivity contribution in [3.05, 3.63) is 54.2 Å². The Morgan fingerprint density at radius 3 is 2.47 bits per heavy atom. The molecular formula is C25H28N6O4S. The molecule has 0 spiro atoms. The lowest BCUT2D eigenvalue weighted by molar-refractivity contribution is 0.0697. The lowest BCUT2D eigenvalue weighted by atomic mass is 10.1. The third-order valence-corrected chi connectivity index (χ3v) is 8.32. The molecule has 2 aliphatic heterocycles. The minimum Gasteiger partial charge on any atom is -0.478 e. The number of piperazine rings is 1. The number of rotatable bonds is 6. The lowest BCUT2D eigenvalue weighted by Gasteiger charge is -2.34. The highest BCUT2D eigenvalue weighted by Crippen LogP contribution is 2.42. The second-order valence-electron chi connectivity index (χ2n) is 8.98. The molecule has 0 radical (unpaired) electrons. The van der Waals surface area contributed by atoms with Crippen LogP contribution in [0.15, 0.2) is 53.6 Å². The number of nitrogens with one attached hydrogen (secondary N) is 1. The molecule has 0 saturated carbocycles. The maximum Gasteiger partial charge on any atom is 0.335 e. The molecule has 36 heavy (non-hydrogen) atoms. The highest BCUT2D eigenvalue weighted by atomic mass is 32.2. The molecule has 0 aliphatic carbocycles. The van der Waals surface area contributed by atoms with E-state index < -0.39 is 16.0 Å². The van der Waals surface area contributed by atoms with E-state index in [1.54, 1.807) is 6.07 Å². The number of aromatic carboxylic acids is 1. The molecule has 10 nitrogen and oxygen atoms in total. The summed E-state index contributed by atoms with van der Waals surface area (Å²) in [6.45, 7) is 6.09. The molecule has 0 amide bonds. The lowest BCUT2D eigenvalue weighted by Crippen LogP contribution is -2.44. The zero-order valence-corrected chi connectivity index (χ0v) is 21.0. The number of anilines is 4. The van der Waals surface area contributed by atoms with Crippen molar-refractivity contribution in [1.29, 1.82) is 0 Å². The second-order valence-corrected chi connectivity index (χ2v) is 10.8. The zero-order valence-electron chi connectivity index (χ0n) is 20.2. The normalized spacial score (nSPS) is 16.8. The van der Waals surface area contributed by atoms with Gasteiger partial charge in [0, 0.05) is 49.7 Å². The molecule has 1 fully saturated rings. The van der Waals surface area contributed by atoms with Gasteiger partial charge in [-0.2, -0.15) is 0 Å². The Kier molecular flexibility index (Phi) is 6.27. The van der Waals surface area contributed by atoms with E-state index in [1.165, 1.54) is 22.6 Å². The molecule has 5 rings (SSSR count). The highest BCUT2D eigenvalue weighted by Gasteiger charge is 2.36. The summed E-state index contributed by atoms with van der Waals surface area (Å²) in [6, 6.07) is 12.4. The fourth-order valence-electron chi connectivity index (χ4n) is 4.53. The number of carbonyl (C=O) groups is 1. The van der Waals surface area contributed by atoms with Crippen molar-refractivity contribution < 1.29 is 18.3 Å². The highest BCUT2D eigenvalue weighted by molar-refractivity contribution is 7.93. The van der Waals surface area contributed by atoms with Crippen LogP contribution in [-0.2, 0) is 10.0 Å². The Balaban J connectivity index is 1.47. The van der Waals surface area contributed by atoms with Gasteiger partial charge in [-0.1, -0.05) is 6.92 Å². The van der Waals surface area contributed by atoms with Crippen molar-refractivity contribution in [1.82, 2.24) is 14.9 Å². The smallest absolute Gasteiger partial charge is 0.335 e. The minimum atomic E-state index is -3.93. The Morgan fingerprint density at radius 2 is 1.81 bits per heavy atom. The summed E-state index contributed by atoms with van der Waals surface area (Å²) in [7, 11) is -1.81. The third kappa shape index (κ3) is 4.35. The quantitative estimate of drug-likeness (QED) is 0.517. The van der Waals surface area contributed by atoms with Gasteiger partial charge in [-0.25, -0.2) is 23.2 Å². The predicted octanol–water partition coefficient (Wildman–Crippen LogP) is 3.26. The first-order chi connectivity index (χ1) is 17.3. The van der Waals surface area contributed by atoms with E-state index in [9.17, 15) is 18.3 Å². The topological polar surface area (TPSA) is 119 Å². The molecular weight excluding hydrogens is 480 g/mol. The van der Waals surface area contributed by atoms with Crippen LogP contribution in [0.1, 0.15) is 23.7 Å². The maximum atomic E-state index is 13.4. The molecule has 2 N–H and O–H groups in total. The fraction of sp³-hybridized carbons (Fsp3) is 0.320. The molecule has 0 unspecified atom stereocenters. The summed E-state index contributed by atoms with van der Waals surface area (Å²) in [6.07, 6.45) is 1.88. The molecule has 2 aliphatic rings. The Bertz CT molecular complexity index is 1400. The van der Waals surface area contributed by atoms with E-state index in [2.05, 4.69) is 32.1 Å². The zero-order chi connectivity index (χ0) is 25.4. The van der Waals surface area contributed by atoms with Crippen LogP contribution in [0.5, 0.6) is 0 Å². The van der Waals surface area contributed by atoms with Crippen molar-refractivity contribution in [2.45, 2.75) is 18.2 Å². The SMILES string of the molecule is CCCN1c2cc(C(=O)O)ccc2-c2nc(Nc3ccc(N4CCN(C)CC4)cc3)ncc2S1(=O)=O. The summed E-state index contributed by atoms with van der Waals surface area (Å²) in [5.74, 6) is -0.865. The van der Waals surface area contributed by atoms with Crippen molar-refractivity contribution in [3.63, 3.8) is 0 Å². The van der Waals surface area contributed by atoms with Crippen LogP contribution >= 0.6 is 0 Å². The average molecular weight is 509 g/mol. The van der Waals surface area contributed by atoms with E-state index in [4.69, 9.17) is 0 Å². The first-order valence-corrected chi connectivity index (χ1v) is 13.3. The first-order valence-electron chi connectivity index (χ1n) is 11.9. The maximum absolute atomic E-state index is 13.4. The largest absolute Gasteiger partial charge is 0.478 e. The molecule has 1 aromatic heterocycles. The van der Waals surface area contributed by atoms with Crippen molar-refractivity contribution in [2.24, 2.45) is 0 Å². The van der Waals surface area contributed by atoms with Gasteiger partial charge in [-0.3, -0.25) is 4.31 Å². The molecule has 2 aromatic carbocycles. The summed E-state index contributed by atoms with van der Waals surface area (Å²) in [5, 5.41) is 12.6. The molecule has 0 atom stereocenters. The molecule has 1 saturated heterocycles. The van der Waals surface area contributed by atoms with Crippen LogP contribution in [0.2, 0.25) is 0 Å². The third-order valence-electron chi connectivity index (χ3n) is 6.51. The summed E-state index contributed by atoms with van der Waals surface area (Å²) < 4.78 is 28.0. The van der Waals surface area contributed by atoms with Crippen molar-refractivity contribution >= 4 is 39.0 Å². The summed E-state index contributed by atoms with van der Waals surface area (Å²) >= 11 is 0. The summed E-state index contributed by atoms with van der Waals surface area (Å²) in [5.41, 5.74) is 3.05. The molecule has 3 aromatic rings. The van der Waals surface area contributed by atoms with Crippen LogP contribution in [0.4, 0.5) is 23.0 Å². The summed E-state index contributed by atoms with van der Waals surface area (Å²) in [4.78, 5) is 25.0. The van der Waals surface area contributed by atoms with E-state index in [0.29, 0.717) is 17.7 Å². The number of aromatic nitrogens is 2. The number of carboxylic acids is 1. The number of benzene rings is 2. The van der Waals surface area contributed by atoms with E-state index in [1.807, 2.05) is 31.2 Å². The first kappa shape index (κ1) is 24.0. The van der Waals surface area contributed by atoms with Gasteiger partial charge >= 0.3 is 5.97 Å². The van der Waals surface area contributed by atoms with Gasteiger partial charge in [0.15, 0.2) is 0 Å². The number of hydrogen-bond acceptors (Lipinski definition) is 8. The Hall–Kier alpha value is -3.70. The molecule has 3 heterocycles. The Labute approximate surface area is 210 Å². The standard InChI is InChI=1S/C25H28N6O4S/c1-3-10-31-21-15-17(24(32)33)4-9-20(21)23-22(36(31,34)35)16-26-25(28-23)27-18-5-7-19(8-6-18)30-13-11-29(2)12-14-30/h4-9,15-16H,3,10-14H2,1-2H3,(H,32,33)(H,26,27,28). The van der Waals surface area contributed by atoms with Crippen molar-refractivity contribution in [2.75, 3.05) is 54.3 Å². The van der Waals surface area contributed by atoms with Crippen LogP contribution in [0, 0.1) is 0 Å². The van der Waals surface area contributed by atoms with Gasteiger partial charge in [-0.05, 0) is 55.9 Å². The van der Waals surface area contributed by atoms with Gasteiger partial charge in [0.05, 0.1) is 23.1 Å². The van der Waals surface area contributed by atoms with Crippen LogP contribution in [-0.4, -0.2) is 74.1 Å². The number of nitrogens with zero attached hydrogens (tertiary/aromatic N) is 5. The van der Waals surface area contributed by atoms with Crippen LogP contribution < -0.4 is 14.5 Å². The molecule has 0 bridgehead atoms. The van der Waals surface area contributed by atoms with Gasteiger partial charge < -0.3 is 20.2 Å². The van der Waals surface area contributed by atoms with Crippen molar-refractivity contribution in [3.8, 4) is 11.3 Å². The van der Waals surface area contributed by atoms with Gasteiger partial charge in [0.2, 0.25) is 5.95 Å². The van der Waals surface area contributed by atoms with Gasteiger partial charge in [0.25, 0.3) is 10.0 Å². The monoisotopic (exact) mass is 508 g/mol. The van der Waals surface area contributed by atoms with Gasteiger partial charge in [0.1, 0.15) is 4.90 Å². The second kappa shape index (κ2) is 9.40. The van der Waals surface area contributed by atoms with E-state index >= 15 is 0 Å². The average Bonchev–Trinajstić information content (AvgIpc) is 2.87. The number of sulfonamides is 1. The van der Waals surface area contributed by atoms with Gasteiger partial charge in [-0.15, -0.1) is 0 Å². The predicted molar refractivity (Wildman–Crippen MR) is 139 cm³/mol. The Morgan fingerprint density at radius 1 is 1.08 bits per heavy atom. The van der Waals surface area contributed by atoms with Crippen LogP contribution in [0.3, 0.4) is 0 Å². The van der Waals surface area contributed by atoms with E-state index in [-0.39, 0.29) is 28.6 Å². The fourth-order valence-corrected chi connectivity index (χ4v) is 6.18. The van der Waals surface area contributed by atoms with Crippen LogP contribution in [0.25, 0.3) is 11.3 Å². The number of fused-ring (bicyclic) bond motifs is 3. The molecule has 11 heteroatoms. The molecule has 188 valence electrons. The number of likely N-dealkylation sites (N-methyl/N-ethyl adjacent to an activating group) is 1. The number of hydrogen-bond donors (Lipinski definition) is 2.